The van der Waals surface area contributed by atoms with E-state index < -0.39 is 23.9 Å². The number of esters is 2. The summed E-state index contributed by atoms with van der Waals surface area (Å²) in [4.78, 5) is 45.4. The van der Waals surface area contributed by atoms with Crippen molar-refractivity contribution in [3.8, 4) is 0 Å². The molecule has 2 rings (SSSR count). The lowest BCUT2D eigenvalue weighted by molar-refractivity contribution is 0.0450. The number of rotatable bonds is 18. The van der Waals surface area contributed by atoms with E-state index in [9.17, 15) is 19.2 Å². The van der Waals surface area contributed by atoms with Gasteiger partial charge in [0.15, 0.2) is 0 Å². The minimum absolute atomic E-state index is 0.0833. The molecule has 2 aromatic rings. The van der Waals surface area contributed by atoms with E-state index in [2.05, 4.69) is 13.8 Å². The van der Waals surface area contributed by atoms with Gasteiger partial charge >= 0.3 is 23.9 Å². The number of benzene rings is 2. The van der Waals surface area contributed by atoms with E-state index in [-0.39, 0.29) is 11.1 Å². The van der Waals surface area contributed by atoms with Gasteiger partial charge in [0.25, 0.3) is 0 Å². The molecule has 0 amide bonds. The summed E-state index contributed by atoms with van der Waals surface area (Å²) < 4.78 is 10.7. The summed E-state index contributed by atoms with van der Waals surface area (Å²) in [6.45, 7) is 5.17. The summed E-state index contributed by atoms with van der Waals surface area (Å²) in [5, 5.41) is 16.9. The molecule has 0 radical (unpaired) electrons. The van der Waals surface area contributed by atoms with Gasteiger partial charge in [-0.15, -0.1) is 0 Å². The molecule has 0 bridgehead atoms. The fourth-order valence-electron chi connectivity index (χ4n) is 3.84. The van der Waals surface area contributed by atoms with Gasteiger partial charge in [-0.2, -0.15) is 0 Å². The van der Waals surface area contributed by atoms with Crippen LogP contribution in [0.3, 0.4) is 0 Å². The number of aromatic carboxylic acids is 2. The van der Waals surface area contributed by atoms with E-state index in [0.29, 0.717) is 24.3 Å². The Morgan fingerprint density at radius 1 is 0.525 bits per heavy atom. The summed E-state index contributed by atoms with van der Waals surface area (Å²) in [6.07, 6.45) is 13.6. The molecule has 8 heteroatoms. The maximum Gasteiger partial charge on any atom is 0.339 e. The molecule has 0 aliphatic carbocycles. The first-order chi connectivity index (χ1) is 19.3. The highest BCUT2D eigenvalue weighted by Crippen LogP contribution is 2.14. The number of carboxylic acids is 2. The zero-order valence-corrected chi connectivity index (χ0v) is 23.9. The van der Waals surface area contributed by atoms with Crippen LogP contribution < -0.4 is 0 Å². The van der Waals surface area contributed by atoms with Crippen LogP contribution >= 0.6 is 0 Å². The molecule has 0 heterocycles. The third-order valence-corrected chi connectivity index (χ3v) is 6.21. The van der Waals surface area contributed by atoms with Crippen LogP contribution in [0.5, 0.6) is 0 Å². The number of unbranched alkanes of at least 4 members (excludes halogenated alkanes) is 10. The molecule has 220 valence electrons. The standard InChI is InChI=1S/C24H38O4.C8H6O4/c1-3-5-7-9-11-15-19-27-23(25)21-17-13-14-18-22(21)24(26)28-20-16-12-10-8-6-4-2;9-7(10)5-1-2-6(4-3-5)8(11)12/h13-14,17-18H,3-12,15-16,19-20H2,1-2H3;1-4H,(H,9,10)(H,11,12). The fraction of sp³-hybridized carbons (Fsp3) is 0.500. The van der Waals surface area contributed by atoms with Gasteiger partial charge in [-0.25, -0.2) is 19.2 Å². The second-order valence-corrected chi connectivity index (χ2v) is 9.54. The summed E-state index contributed by atoms with van der Waals surface area (Å²) in [5.74, 6) is -3.01. The molecule has 0 unspecified atom stereocenters. The van der Waals surface area contributed by atoms with Crippen molar-refractivity contribution >= 4 is 23.9 Å². The predicted octanol–water partition coefficient (Wildman–Crippen LogP) is 7.80. The Morgan fingerprint density at radius 2 is 0.850 bits per heavy atom. The van der Waals surface area contributed by atoms with Gasteiger partial charge in [0.2, 0.25) is 0 Å². The molecule has 40 heavy (non-hydrogen) atoms. The lowest BCUT2D eigenvalue weighted by Crippen LogP contribution is -2.15. The fourth-order valence-corrected chi connectivity index (χ4v) is 3.84. The molecule has 0 spiro atoms. The number of carbonyl (C=O) groups excluding carboxylic acids is 2. The Morgan fingerprint density at radius 3 is 1.18 bits per heavy atom. The van der Waals surface area contributed by atoms with E-state index >= 15 is 0 Å². The van der Waals surface area contributed by atoms with E-state index in [4.69, 9.17) is 19.7 Å². The van der Waals surface area contributed by atoms with Crippen molar-refractivity contribution in [2.24, 2.45) is 0 Å². The molecule has 0 aliphatic heterocycles. The van der Waals surface area contributed by atoms with Gasteiger partial charge in [0.1, 0.15) is 0 Å². The maximum absolute atomic E-state index is 12.4. The first-order valence-corrected chi connectivity index (χ1v) is 14.3. The van der Waals surface area contributed by atoms with Gasteiger partial charge in [-0.05, 0) is 49.2 Å². The number of hydrogen-bond acceptors (Lipinski definition) is 6. The summed E-state index contributed by atoms with van der Waals surface area (Å²) in [5.41, 5.74) is 0.753. The molecular weight excluding hydrogens is 512 g/mol. The molecule has 2 aromatic carbocycles. The number of hydrogen-bond donors (Lipinski definition) is 2. The zero-order valence-electron chi connectivity index (χ0n) is 23.9. The van der Waals surface area contributed by atoms with Crippen LogP contribution in [-0.4, -0.2) is 47.3 Å². The van der Waals surface area contributed by atoms with Crippen molar-refractivity contribution in [2.75, 3.05) is 13.2 Å². The van der Waals surface area contributed by atoms with Crippen LogP contribution in [-0.2, 0) is 9.47 Å². The quantitative estimate of drug-likeness (QED) is 0.141. The third kappa shape index (κ3) is 14.5. The SMILES string of the molecule is CCCCCCCCOC(=O)c1ccccc1C(=O)OCCCCCCCC.O=C(O)c1ccc(C(=O)O)cc1. The van der Waals surface area contributed by atoms with Crippen molar-refractivity contribution in [3.63, 3.8) is 0 Å². The molecule has 0 saturated heterocycles. The minimum Gasteiger partial charge on any atom is -0.478 e. The van der Waals surface area contributed by atoms with Crippen molar-refractivity contribution in [1.82, 2.24) is 0 Å². The minimum atomic E-state index is -1.06. The van der Waals surface area contributed by atoms with Crippen LogP contribution in [0.4, 0.5) is 0 Å². The highest BCUT2D eigenvalue weighted by Gasteiger charge is 2.18. The predicted molar refractivity (Wildman–Crippen MR) is 154 cm³/mol. The molecule has 0 aliphatic rings. The smallest absolute Gasteiger partial charge is 0.339 e. The number of carboxylic acid groups (broad SMARTS) is 2. The topological polar surface area (TPSA) is 127 Å². The second kappa shape index (κ2) is 21.2. The van der Waals surface area contributed by atoms with Gasteiger partial charge in [0, 0.05) is 0 Å². The average Bonchev–Trinajstić information content (AvgIpc) is 2.96. The molecule has 0 aromatic heterocycles. The Hall–Kier alpha value is -3.68. The summed E-state index contributed by atoms with van der Waals surface area (Å²) in [6, 6.07) is 11.8. The molecular formula is C32H44O8. The zero-order chi connectivity index (χ0) is 29.6. The molecule has 0 saturated carbocycles. The van der Waals surface area contributed by atoms with Crippen molar-refractivity contribution in [1.29, 1.82) is 0 Å². The van der Waals surface area contributed by atoms with Crippen molar-refractivity contribution in [2.45, 2.75) is 90.9 Å². The number of carbonyl (C=O) groups is 4. The van der Waals surface area contributed by atoms with Crippen LogP contribution in [0, 0.1) is 0 Å². The van der Waals surface area contributed by atoms with E-state index in [1.165, 1.54) is 75.6 Å². The molecule has 8 nitrogen and oxygen atoms in total. The lowest BCUT2D eigenvalue weighted by atomic mass is 10.1. The first-order valence-electron chi connectivity index (χ1n) is 14.3. The monoisotopic (exact) mass is 556 g/mol. The van der Waals surface area contributed by atoms with E-state index in [1.807, 2.05) is 0 Å². The summed E-state index contributed by atoms with van der Waals surface area (Å²) in [7, 11) is 0. The maximum atomic E-state index is 12.4. The summed E-state index contributed by atoms with van der Waals surface area (Å²) >= 11 is 0. The van der Waals surface area contributed by atoms with Crippen molar-refractivity contribution in [3.05, 3.63) is 70.8 Å². The van der Waals surface area contributed by atoms with Crippen LogP contribution in [0.15, 0.2) is 48.5 Å². The molecule has 0 atom stereocenters. The van der Waals surface area contributed by atoms with E-state index in [1.54, 1.807) is 24.3 Å². The normalized spacial score (nSPS) is 10.2. The highest BCUT2D eigenvalue weighted by atomic mass is 16.5. The van der Waals surface area contributed by atoms with Crippen LogP contribution in [0.25, 0.3) is 0 Å². The van der Waals surface area contributed by atoms with Crippen LogP contribution in [0.2, 0.25) is 0 Å². The lowest BCUT2D eigenvalue weighted by Gasteiger charge is -2.10. The number of ether oxygens (including phenoxy) is 2. The van der Waals surface area contributed by atoms with Crippen molar-refractivity contribution < 1.29 is 38.9 Å². The second-order valence-electron chi connectivity index (χ2n) is 9.54. The Kier molecular flexibility index (Phi) is 18.2. The Bertz CT molecular complexity index is 947. The Balaban J connectivity index is 0.000000552. The highest BCUT2D eigenvalue weighted by molar-refractivity contribution is 6.03. The average molecular weight is 557 g/mol. The molecule has 0 fully saturated rings. The third-order valence-electron chi connectivity index (χ3n) is 6.21. The first kappa shape index (κ1) is 34.3. The van der Waals surface area contributed by atoms with Gasteiger partial charge in [-0.3, -0.25) is 0 Å². The van der Waals surface area contributed by atoms with Gasteiger partial charge in [-0.1, -0.05) is 90.2 Å². The Labute approximate surface area is 237 Å². The van der Waals surface area contributed by atoms with Gasteiger partial charge < -0.3 is 19.7 Å². The van der Waals surface area contributed by atoms with Gasteiger partial charge in [0.05, 0.1) is 35.5 Å². The molecule has 2 N–H and O–H groups in total. The largest absolute Gasteiger partial charge is 0.478 e. The van der Waals surface area contributed by atoms with E-state index in [0.717, 1.165) is 25.7 Å². The van der Waals surface area contributed by atoms with Crippen LogP contribution in [0.1, 0.15) is 132 Å².